The van der Waals surface area contributed by atoms with Gasteiger partial charge in [0.1, 0.15) is 29.3 Å². The molecule has 3 nitrogen and oxygen atoms in total. The van der Waals surface area contributed by atoms with Crippen LogP contribution in [0.3, 0.4) is 0 Å². The lowest BCUT2D eigenvalue weighted by Gasteiger charge is -2.14. The Bertz CT molecular complexity index is 653. The number of rotatable bonds is 3. The molecule has 2 rings (SSSR count). The number of hydrogen-bond acceptors (Lipinski definition) is 4. The van der Waals surface area contributed by atoms with Gasteiger partial charge in [-0.05, 0) is 12.1 Å². The van der Waals surface area contributed by atoms with Gasteiger partial charge >= 0.3 is 0 Å². The Kier molecular flexibility index (Phi) is 4.05. The lowest BCUT2D eigenvalue weighted by molar-refractivity contribution is 0.303. The molecule has 1 aromatic heterocycles. The zero-order valence-electron chi connectivity index (χ0n) is 11.6. The molecule has 0 N–H and O–H groups in total. The van der Waals surface area contributed by atoms with Gasteiger partial charge in [0.2, 0.25) is 0 Å². The molecule has 2 aromatic rings. The Labute approximate surface area is 121 Å². The average molecular weight is 290 g/mol. The minimum atomic E-state index is -0.570. The van der Waals surface area contributed by atoms with E-state index in [4.69, 9.17) is 10.00 Å². The first-order valence-electron chi connectivity index (χ1n) is 6.17. The topological polar surface area (TPSA) is 45.9 Å². The summed E-state index contributed by atoms with van der Waals surface area (Å²) >= 11 is 1.53. The highest BCUT2D eigenvalue weighted by molar-refractivity contribution is 7.09. The Morgan fingerprint density at radius 2 is 2.15 bits per heavy atom. The Balaban J connectivity index is 2.04. The van der Waals surface area contributed by atoms with Crippen molar-refractivity contribution in [2.75, 3.05) is 0 Å². The molecule has 20 heavy (non-hydrogen) atoms. The van der Waals surface area contributed by atoms with E-state index in [9.17, 15) is 4.39 Å². The summed E-state index contributed by atoms with van der Waals surface area (Å²) in [4.78, 5) is 4.50. The van der Waals surface area contributed by atoms with Gasteiger partial charge in [-0.25, -0.2) is 9.37 Å². The van der Waals surface area contributed by atoms with Crippen LogP contribution in [0.25, 0.3) is 0 Å². The third kappa shape index (κ3) is 3.34. The molecule has 104 valence electrons. The highest BCUT2D eigenvalue weighted by atomic mass is 32.1. The van der Waals surface area contributed by atoms with Crippen LogP contribution in [0.4, 0.5) is 4.39 Å². The third-order valence-corrected chi connectivity index (χ3v) is 3.57. The molecule has 0 atom stereocenters. The van der Waals surface area contributed by atoms with Crippen LogP contribution < -0.4 is 4.74 Å². The summed E-state index contributed by atoms with van der Waals surface area (Å²) in [7, 11) is 0. The van der Waals surface area contributed by atoms with Crippen molar-refractivity contribution in [2.45, 2.75) is 32.8 Å². The monoisotopic (exact) mass is 290 g/mol. The Morgan fingerprint density at radius 1 is 1.40 bits per heavy atom. The van der Waals surface area contributed by atoms with E-state index in [-0.39, 0.29) is 11.0 Å². The van der Waals surface area contributed by atoms with Crippen molar-refractivity contribution in [1.29, 1.82) is 5.26 Å². The lowest BCUT2D eigenvalue weighted by atomic mass is 9.93. The van der Waals surface area contributed by atoms with E-state index in [1.807, 2.05) is 5.38 Å². The predicted octanol–water partition coefficient (Wildman–Crippen LogP) is 4.03. The number of ether oxygens (including phenoxy) is 1. The van der Waals surface area contributed by atoms with Gasteiger partial charge in [0.25, 0.3) is 0 Å². The quantitative estimate of drug-likeness (QED) is 0.857. The van der Waals surface area contributed by atoms with Gasteiger partial charge in [-0.1, -0.05) is 20.8 Å². The molecule has 0 aliphatic heterocycles. The van der Waals surface area contributed by atoms with Crippen LogP contribution in [-0.4, -0.2) is 4.98 Å². The summed E-state index contributed by atoms with van der Waals surface area (Å²) in [5, 5.41) is 11.5. The van der Waals surface area contributed by atoms with E-state index in [2.05, 4.69) is 25.8 Å². The van der Waals surface area contributed by atoms with Crippen molar-refractivity contribution in [3.63, 3.8) is 0 Å². The minimum absolute atomic E-state index is 0.00923. The maximum atomic E-state index is 13.4. The van der Waals surface area contributed by atoms with Crippen molar-refractivity contribution >= 4 is 11.3 Å². The molecule has 0 bridgehead atoms. The fourth-order valence-corrected chi connectivity index (χ4v) is 2.47. The molecule has 0 unspecified atom stereocenters. The lowest BCUT2D eigenvalue weighted by Crippen LogP contribution is -2.11. The van der Waals surface area contributed by atoms with Crippen molar-refractivity contribution in [3.8, 4) is 11.8 Å². The van der Waals surface area contributed by atoms with Gasteiger partial charge in [0, 0.05) is 16.9 Å². The first kappa shape index (κ1) is 14.5. The van der Waals surface area contributed by atoms with Crippen LogP contribution in [0.1, 0.15) is 37.0 Å². The standard InChI is InChI=1S/C15H15FN2OS/c1-15(2,3)13-9-20-14(18-13)8-19-11-5-4-10(7-17)12(16)6-11/h4-6,9H,8H2,1-3H3. The van der Waals surface area contributed by atoms with Crippen molar-refractivity contribution in [2.24, 2.45) is 0 Å². The molecule has 0 fully saturated rings. The maximum absolute atomic E-state index is 13.4. The second kappa shape index (κ2) is 5.59. The van der Waals surface area contributed by atoms with Crippen LogP contribution in [0, 0.1) is 17.1 Å². The molecule has 0 aliphatic rings. The van der Waals surface area contributed by atoms with E-state index >= 15 is 0 Å². The average Bonchev–Trinajstić information content (AvgIpc) is 2.85. The molecule has 0 spiro atoms. The van der Waals surface area contributed by atoms with E-state index < -0.39 is 5.82 Å². The number of halogens is 1. The largest absolute Gasteiger partial charge is 0.486 e. The van der Waals surface area contributed by atoms with Gasteiger partial charge in [0.05, 0.1) is 11.3 Å². The second-order valence-corrected chi connectivity index (χ2v) is 6.36. The highest BCUT2D eigenvalue weighted by Crippen LogP contribution is 2.25. The number of benzene rings is 1. The fourth-order valence-electron chi connectivity index (χ4n) is 1.54. The van der Waals surface area contributed by atoms with E-state index in [0.29, 0.717) is 12.4 Å². The second-order valence-electron chi connectivity index (χ2n) is 5.42. The maximum Gasteiger partial charge on any atom is 0.144 e. The summed E-state index contributed by atoms with van der Waals surface area (Å²) in [5.74, 6) is -0.173. The van der Waals surface area contributed by atoms with E-state index in [0.717, 1.165) is 10.7 Å². The highest BCUT2D eigenvalue weighted by Gasteiger charge is 2.17. The molecule has 0 aliphatic carbocycles. The van der Waals surface area contributed by atoms with E-state index in [1.165, 1.54) is 23.5 Å². The molecule has 5 heteroatoms. The first-order chi connectivity index (χ1) is 9.40. The third-order valence-electron chi connectivity index (χ3n) is 2.74. The van der Waals surface area contributed by atoms with Crippen molar-refractivity contribution in [1.82, 2.24) is 4.98 Å². The van der Waals surface area contributed by atoms with Gasteiger partial charge < -0.3 is 4.74 Å². The van der Waals surface area contributed by atoms with E-state index in [1.54, 1.807) is 12.1 Å². The molecule has 0 saturated carbocycles. The minimum Gasteiger partial charge on any atom is -0.486 e. The fraction of sp³-hybridized carbons (Fsp3) is 0.333. The summed E-state index contributed by atoms with van der Waals surface area (Å²) in [5.41, 5.74) is 1.05. The van der Waals surface area contributed by atoms with Crippen molar-refractivity contribution in [3.05, 3.63) is 45.7 Å². The SMILES string of the molecule is CC(C)(C)c1csc(COc2ccc(C#N)c(F)c2)n1. The van der Waals surface area contributed by atoms with Crippen LogP contribution in [0.5, 0.6) is 5.75 Å². The first-order valence-corrected chi connectivity index (χ1v) is 7.05. The number of thiazole rings is 1. The van der Waals surface area contributed by atoms with Crippen molar-refractivity contribution < 1.29 is 9.13 Å². The molecule has 0 amide bonds. The summed E-state index contributed by atoms with van der Waals surface area (Å²) < 4.78 is 18.9. The molecule has 1 aromatic carbocycles. The molecular weight excluding hydrogens is 275 g/mol. The molecule has 0 saturated heterocycles. The molecule has 1 heterocycles. The smallest absolute Gasteiger partial charge is 0.144 e. The van der Waals surface area contributed by atoms with Gasteiger partial charge in [-0.15, -0.1) is 11.3 Å². The number of nitriles is 1. The van der Waals surface area contributed by atoms with Crippen LogP contribution in [0.2, 0.25) is 0 Å². The van der Waals surface area contributed by atoms with Crippen LogP contribution in [0.15, 0.2) is 23.6 Å². The molecular formula is C15H15FN2OS. The Hall–Kier alpha value is -1.93. The zero-order valence-corrected chi connectivity index (χ0v) is 12.4. The number of nitrogens with zero attached hydrogens (tertiary/aromatic N) is 2. The summed E-state index contributed by atoms with van der Waals surface area (Å²) in [6.45, 7) is 6.60. The molecule has 0 radical (unpaired) electrons. The van der Waals surface area contributed by atoms with Gasteiger partial charge in [-0.3, -0.25) is 0 Å². The predicted molar refractivity (Wildman–Crippen MR) is 76.3 cm³/mol. The number of aromatic nitrogens is 1. The Morgan fingerprint density at radius 3 is 2.70 bits per heavy atom. The normalized spacial score (nSPS) is 11.2. The van der Waals surface area contributed by atoms with Crippen LogP contribution >= 0.6 is 11.3 Å². The summed E-state index contributed by atoms with van der Waals surface area (Å²) in [6.07, 6.45) is 0. The summed E-state index contributed by atoms with van der Waals surface area (Å²) in [6, 6.07) is 5.99. The number of hydrogen-bond donors (Lipinski definition) is 0. The van der Waals surface area contributed by atoms with Gasteiger partial charge in [-0.2, -0.15) is 5.26 Å². The van der Waals surface area contributed by atoms with Crippen LogP contribution in [-0.2, 0) is 12.0 Å². The zero-order chi connectivity index (χ0) is 14.8. The van der Waals surface area contributed by atoms with Gasteiger partial charge in [0.15, 0.2) is 0 Å².